The molecule has 1 fully saturated rings. The summed E-state index contributed by atoms with van der Waals surface area (Å²) in [5.74, 6) is 1.22. The van der Waals surface area contributed by atoms with Crippen molar-refractivity contribution in [3.8, 4) is 11.5 Å². The molecule has 0 spiro atoms. The Morgan fingerprint density at radius 2 is 1.37 bits per heavy atom. The van der Waals surface area contributed by atoms with Crippen LogP contribution in [0.2, 0.25) is 0 Å². The lowest BCUT2D eigenvalue weighted by molar-refractivity contribution is -0.0993. The summed E-state index contributed by atoms with van der Waals surface area (Å²) in [7, 11) is 3.12. The molecular formula is C30H29IN2O8. The molecule has 0 bridgehead atoms. The second kappa shape index (κ2) is 11.8. The highest BCUT2D eigenvalue weighted by molar-refractivity contribution is 14.1. The topological polar surface area (TPSA) is 143 Å². The van der Waals surface area contributed by atoms with E-state index >= 15 is 0 Å². The van der Waals surface area contributed by atoms with Crippen molar-refractivity contribution >= 4 is 22.6 Å². The summed E-state index contributed by atoms with van der Waals surface area (Å²) < 4.78 is 18.0. The number of nitrogens with one attached hydrogen (secondary N) is 1. The number of aliphatic hydroxyl groups excluding tert-OH is 3. The van der Waals surface area contributed by atoms with Gasteiger partial charge in [-0.3, -0.25) is 14.3 Å². The molecule has 1 unspecified atom stereocenters. The van der Waals surface area contributed by atoms with Gasteiger partial charge in [-0.1, -0.05) is 54.6 Å². The number of methoxy groups -OCH3 is 2. The Hall–Kier alpha value is -3.49. The number of hydrogen-bond donors (Lipinski definition) is 4. The molecule has 1 aliphatic rings. The van der Waals surface area contributed by atoms with Crippen molar-refractivity contribution in [1.82, 2.24) is 9.55 Å². The third-order valence-corrected chi connectivity index (χ3v) is 8.32. The zero-order valence-electron chi connectivity index (χ0n) is 22.2. The second-order valence-corrected chi connectivity index (χ2v) is 10.9. The predicted molar refractivity (Wildman–Crippen MR) is 158 cm³/mol. The average molecular weight is 672 g/mol. The fourth-order valence-corrected chi connectivity index (χ4v) is 5.93. The zero-order valence-corrected chi connectivity index (χ0v) is 24.3. The fraction of sp³-hybridized carbons (Fsp3) is 0.267. The molecule has 1 aliphatic heterocycles. The van der Waals surface area contributed by atoms with Crippen LogP contribution in [0.4, 0.5) is 0 Å². The molecule has 3 aromatic carbocycles. The van der Waals surface area contributed by atoms with Gasteiger partial charge < -0.3 is 29.5 Å². The number of H-pyrrole nitrogens is 1. The number of rotatable bonds is 8. The van der Waals surface area contributed by atoms with E-state index in [0.717, 1.165) is 4.57 Å². The van der Waals surface area contributed by atoms with Gasteiger partial charge >= 0.3 is 5.69 Å². The van der Waals surface area contributed by atoms with E-state index in [-0.39, 0.29) is 3.57 Å². The first-order valence-corrected chi connectivity index (χ1v) is 13.9. The van der Waals surface area contributed by atoms with E-state index in [9.17, 15) is 24.9 Å². The molecule has 0 saturated carbocycles. The lowest BCUT2D eigenvalue weighted by atomic mass is 9.64. The highest BCUT2D eigenvalue weighted by Crippen LogP contribution is 2.47. The smallest absolute Gasteiger partial charge is 0.330 e. The van der Waals surface area contributed by atoms with Crippen molar-refractivity contribution in [2.24, 2.45) is 0 Å². The Kier molecular flexibility index (Phi) is 8.34. The van der Waals surface area contributed by atoms with Crippen molar-refractivity contribution in [3.05, 3.63) is 126 Å². The molecule has 1 aromatic heterocycles. The number of benzene rings is 3. The van der Waals surface area contributed by atoms with Crippen LogP contribution in [0.3, 0.4) is 0 Å². The number of hydrogen-bond acceptors (Lipinski definition) is 8. The minimum atomic E-state index is -1.59. The van der Waals surface area contributed by atoms with Crippen LogP contribution in [0.1, 0.15) is 22.9 Å². The minimum absolute atomic E-state index is 0.187. The molecule has 11 heteroatoms. The Bertz CT molecular complexity index is 1560. The molecule has 5 atom stereocenters. The van der Waals surface area contributed by atoms with Crippen LogP contribution < -0.4 is 20.7 Å². The maximum Gasteiger partial charge on any atom is 0.330 e. The maximum atomic E-state index is 12.6. The van der Waals surface area contributed by atoms with E-state index in [4.69, 9.17) is 14.2 Å². The standard InChI is InChI=1S/C30H29IN2O8/c1-39-20-12-8-18(9-13-20)30(17-6-4-3-5-7-17,19-10-14-21(40-2)15-11-19)26(36)25-23(34)24(35)28(41-25)33-16-22(31)27(37)32-29(33)38/h3-16,23-26,28,34-36H,1-2H3,(H,32,37,38)/t23-,24+,25-,26?,28+/m0/s1. The lowest BCUT2D eigenvalue weighted by Gasteiger charge is -2.42. The van der Waals surface area contributed by atoms with Gasteiger partial charge in [0.25, 0.3) is 5.56 Å². The molecule has 0 amide bonds. The molecule has 5 rings (SSSR count). The molecule has 2 heterocycles. The summed E-state index contributed by atoms with van der Waals surface area (Å²) in [6.07, 6.45) is -6.16. The van der Waals surface area contributed by atoms with Crippen LogP contribution in [-0.2, 0) is 10.2 Å². The quantitative estimate of drug-likeness (QED) is 0.165. The van der Waals surface area contributed by atoms with Gasteiger partial charge in [0.1, 0.15) is 35.9 Å². The van der Waals surface area contributed by atoms with E-state index in [1.54, 1.807) is 61.1 Å². The van der Waals surface area contributed by atoms with Crippen LogP contribution in [0, 0.1) is 3.57 Å². The van der Waals surface area contributed by atoms with Gasteiger partial charge in [0, 0.05) is 6.20 Å². The first-order valence-electron chi connectivity index (χ1n) is 12.8. The van der Waals surface area contributed by atoms with E-state index < -0.39 is 47.3 Å². The normalized spacial score (nSPS) is 21.4. The predicted octanol–water partition coefficient (Wildman–Crippen LogP) is 2.17. The number of ether oxygens (including phenoxy) is 3. The van der Waals surface area contributed by atoms with E-state index in [2.05, 4.69) is 4.98 Å². The lowest BCUT2D eigenvalue weighted by Crippen LogP contribution is -2.52. The van der Waals surface area contributed by atoms with Gasteiger partial charge in [0.2, 0.25) is 0 Å². The van der Waals surface area contributed by atoms with Crippen molar-refractivity contribution in [3.63, 3.8) is 0 Å². The van der Waals surface area contributed by atoms with Crippen LogP contribution in [-0.4, -0.2) is 63.5 Å². The number of aromatic nitrogens is 2. The van der Waals surface area contributed by atoms with Gasteiger partial charge in [-0.25, -0.2) is 4.79 Å². The largest absolute Gasteiger partial charge is 0.497 e. The molecule has 4 aromatic rings. The van der Waals surface area contributed by atoms with Gasteiger partial charge in [-0.05, 0) is 63.5 Å². The molecular weight excluding hydrogens is 643 g/mol. The van der Waals surface area contributed by atoms with Crippen LogP contribution in [0.5, 0.6) is 11.5 Å². The van der Waals surface area contributed by atoms with Crippen molar-refractivity contribution in [1.29, 1.82) is 0 Å². The van der Waals surface area contributed by atoms with Crippen molar-refractivity contribution in [2.45, 2.75) is 36.1 Å². The first-order chi connectivity index (χ1) is 19.7. The highest BCUT2D eigenvalue weighted by Gasteiger charge is 2.55. The summed E-state index contributed by atoms with van der Waals surface area (Å²) >= 11 is 1.76. The van der Waals surface area contributed by atoms with Gasteiger partial charge in [-0.15, -0.1) is 0 Å². The van der Waals surface area contributed by atoms with E-state index in [0.29, 0.717) is 28.2 Å². The van der Waals surface area contributed by atoms with Crippen LogP contribution >= 0.6 is 22.6 Å². The summed E-state index contributed by atoms with van der Waals surface area (Å²) in [5.41, 5.74) is -0.726. The SMILES string of the molecule is COc1ccc(C(c2ccccc2)(c2ccc(OC)cc2)C(O)[C@H]2O[C@@H](n3cc(I)c(=O)[nH]c3=O)[C@H](O)[C@@H]2O)cc1. The Labute approximate surface area is 248 Å². The zero-order chi connectivity index (χ0) is 29.3. The summed E-state index contributed by atoms with van der Waals surface area (Å²) in [4.78, 5) is 26.7. The minimum Gasteiger partial charge on any atom is -0.497 e. The molecule has 214 valence electrons. The molecule has 4 N–H and O–H groups in total. The summed E-state index contributed by atoms with van der Waals surface area (Å²) in [6, 6.07) is 23.6. The van der Waals surface area contributed by atoms with Crippen molar-refractivity contribution in [2.75, 3.05) is 14.2 Å². The van der Waals surface area contributed by atoms with Crippen molar-refractivity contribution < 1.29 is 29.5 Å². The molecule has 1 saturated heterocycles. The summed E-state index contributed by atoms with van der Waals surface area (Å²) in [6.45, 7) is 0. The third kappa shape index (κ3) is 5.08. The number of nitrogens with zero attached hydrogens (tertiary/aromatic N) is 1. The molecule has 0 aliphatic carbocycles. The Morgan fingerprint density at radius 1 is 0.854 bits per heavy atom. The number of halogens is 1. The summed E-state index contributed by atoms with van der Waals surface area (Å²) in [5, 5.41) is 34.7. The molecule has 10 nitrogen and oxygen atoms in total. The van der Waals surface area contributed by atoms with Gasteiger partial charge in [0.05, 0.1) is 23.2 Å². The van der Waals surface area contributed by atoms with Crippen LogP contribution in [0.15, 0.2) is 94.6 Å². The monoisotopic (exact) mass is 672 g/mol. The second-order valence-electron chi connectivity index (χ2n) is 9.69. The number of aliphatic hydroxyl groups is 3. The molecule has 41 heavy (non-hydrogen) atoms. The first kappa shape index (κ1) is 29.0. The third-order valence-electron chi connectivity index (χ3n) is 7.55. The average Bonchev–Trinajstić information content (AvgIpc) is 3.30. The highest BCUT2D eigenvalue weighted by atomic mass is 127. The fourth-order valence-electron chi connectivity index (χ4n) is 5.49. The van der Waals surface area contributed by atoms with E-state index in [1.165, 1.54) is 6.20 Å². The maximum absolute atomic E-state index is 12.6. The molecule has 0 radical (unpaired) electrons. The van der Waals surface area contributed by atoms with Crippen LogP contribution in [0.25, 0.3) is 0 Å². The van der Waals surface area contributed by atoms with Gasteiger partial charge in [-0.2, -0.15) is 0 Å². The number of aromatic amines is 1. The Morgan fingerprint density at radius 3 is 1.88 bits per heavy atom. The Balaban J connectivity index is 1.71. The van der Waals surface area contributed by atoms with E-state index in [1.807, 2.05) is 54.6 Å². The van der Waals surface area contributed by atoms with Gasteiger partial charge in [0.15, 0.2) is 6.23 Å².